The fraction of sp³-hybridized carbons (Fsp3) is 0.240. The number of carbonyl (C=O) groups is 2. The van der Waals surface area contributed by atoms with Crippen molar-refractivity contribution in [1.82, 2.24) is 9.88 Å². The summed E-state index contributed by atoms with van der Waals surface area (Å²) in [4.78, 5) is 33.2. The van der Waals surface area contributed by atoms with Gasteiger partial charge in [0.15, 0.2) is 5.78 Å². The van der Waals surface area contributed by atoms with E-state index >= 15 is 0 Å². The number of fused-ring (bicyclic) bond motifs is 2. The highest BCUT2D eigenvalue weighted by Gasteiger charge is 2.27. The van der Waals surface area contributed by atoms with Gasteiger partial charge in [-0.05, 0) is 49.7 Å². The van der Waals surface area contributed by atoms with Crippen molar-refractivity contribution in [3.63, 3.8) is 0 Å². The van der Waals surface area contributed by atoms with Gasteiger partial charge in [0, 0.05) is 34.7 Å². The number of hydrogen-bond acceptors (Lipinski definition) is 6. The number of anilines is 1. The molecule has 0 saturated carbocycles. The number of halogens is 1. The molecule has 3 heterocycles. The third-order valence-electron chi connectivity index (χ3n) is 5.87. The Bertz CT molecular complexity index is 1290. The number of hydrogen-bond donors (Lipinski definition) is 1. The van der Waals surface area contributed by atoms with Gasteiger partial charge in [-0.2, -0.15) is 0 Å². The molecule has 0 saturated heterocycles. The molecule has 1 amide bonds. The Morgan fingerprint density at radius 3 is 2.48 bits per heavy atom. The van der Waals surface area contributed by atoms with Gasteiger partial charge >= 0.3 is 0 Å². The van der Waals surface area contributed by atoms with E-state index in [4.69, 9.17) is 4.98 Å². The molecule has 1 N–H and O–H groups in total. The molecule has 33 heavy (non-hydrogen) atoms. The van der Waals surface area contributed by atoms with E-state index in [0.717, 1.165) is 51.8 Å². The molecule has 0 unspecified atom stereocenters. The van der Waals surface area contributed by atoms with Crippen molar-refractivity contribution in [1.29, 1.82) is 0 Å². The maximum absolute atomic E-state index is 13.1. The van der Waals surface area contributed by atoms with Crippen molar-refractivity contribution in [3.8, 4) is 10.6 Å². The van der Waals surface area contributed by atoms with Gasteiger partial charge in [0.05, 0.1) is 10.2 Å². The first kappa shape index (κ1) is 23.6. The van der Waals surface area contributed by atoms with Gasteiger partial charge in [-0.1, -0.05) is 31.2 Å². The Balaban J connectivity index is 0.00000259. The van der Waals surface area contributed by atoms with Gasteiger partial charge in [0.25, 0.3) is 5.91 Å². The average Bonchev–Trinajstić information content (AvgIpc) is 3.38. The highest BCUT2D eigenvalue weighted by Crippen LogP contribution is 2.45. The number of para-hydroxylation sites is 1. The minimum atomic E-state index is -0.173. The summed E-state index contributed by atoms with van der Waals surface area (Å²) in [5.41, 5.74) is 4.49. The summed E-state index contributed by atoms with van der Waals surface area (Å²) >= 11 is 3.33. The molecule has 0 atom stereocenters. The average molecular weight is 498 g/mol. The van der Waals surface area contributed by atoms with Crippen LogP contribution in [0.3, 0.4) is 0 Å². The van der Waals surface area contributed by atoms with Crippen molar-refractivity contribution in [2.45, 2.75) is 26.8 Å². The number of likely N-dealkylation sites (N-methyl/N-ethyl adjacent to an activating group) is 1. The molecule has 0 fully saturated rings. The standard InChI is InChI=1S/C25H23N3O2S2.ClH/c1-3-28-13-12-18-21(14-28)32-25(22(18)24-26-19-6-4-5-7-20(19)31-24)27-23(30)17-10-8-16(9-11-17)15(2)29;/h4-11H,3,12-14H2,1-2H3,(H,27,30);1H. The molecule has 0 aliphatic carbocycles. The molecule has 8 heteroatoms. The van der Waals surface area contributed by atoms with Crippen LogP contribution < -0.4 is 5.32 Å². The molecule has 5 rings (SSSR count). The second-order valence-corrected chi connectivity index (χ2v) is 10.0. The predicted octanol–water partition coefficient (Wildman–Crippen LogP) is 6.28. The zero-order valence-corrected chi connectivity index (χ0v) is 20.8. The molecule has 5 nitrogen and oxygen atoms in total. The molecule has 1 aliphatic rings. The van der Waals surface area contributed by atoms with Crippen LogP contribution in [-0.4, -0.2) is 34.7 Å². The van der Waals surface area contributed by atoms with Crippen LogP contribution in [0.15, 0.2) is 48.5 Å². The van der Waals surface area contributed by atoms with Gasteiger partial charge in [0.1, 0.15) is 10.0 Å². The van der Waals surface area contributed by atoms with Crippen molar-refractivity contribution in [2.24, 2.45) is 0 Å². The van der Waals surface area contributed by atoms with E-state index < -0.39 is 0 Å². The number of Topliss-reactive ketones (excluding diaryl/α,β-unsaturated/α-hetero) is 1. The highest BCUT2D eigenvalue weighted by molar-refractivity contribution is 7.23. The van der Waals surface area contributed by atoms with Crippen molar-refractivity contribution < 1.29 is 9.59 Å². The Morgan fingerprint density at radius 1 is 1.06 bits per heavy atom. The molecule has 1 aliphatic heterocycles. The van der Waals surface area contributed by atoms with Gasteiger partial charge in [-0.15, -0.1) is 35.1 Å². The van der Waals surface area contributed by atoms with Crippen molar-refractivity contribution in [3.05, 3.63) is 70.1 Å². The van der Waals surface area contributed by atoms with E-state index in [1.54, 1.807) is 46.9 Å². The lowest BCUT2D eigenvalue weighted by Gasteiger charge is -2.25. The van der Waals surface area contributed by atoms with Gasteiger partial charge in [-0.25, -0.2) is 4.98 Å². The molecular formula is C25H24ClN3O2S2. The zero-order chi connectivity index (χ0) is 22.2. The van der Waals surface area contributed by atoms with Crippen molar-refractivity contribution in [2.75, 3.05) is 18.4 Å². The Hall–Kier alpha value is -2.58. The lowest BCUT2D eigenvalue weighted by atomic mass is 10.0. The first-order valence-corrected chi connectivity index (χ1v) is 12.3. The Morgan fingerprint density at radius 2 is 1.79 bits per heavy atom. The summed E-state index contributed by atoms with van der Waals surface area (Å²) in [5.74, 6) is -0.185. The quantitative estimate of drug-likeness (QED) is 0.329. The van der Waals surface area contributed by atoms with Crippen LogP contribution in [0.4, 0.5) is 5.00 Å². The normalized spacial score (nSPS) is 13.4. The number of thiazole rings is 1. The molecule has 2 aromatic carbocycles. The smallest absolute Gasteiger partial charge is 0.256 e. The van der Waals surface area contributed by atoms with Gasteiger partial charge < -0.3 is 5.32 Å². The number of rotatable bonds is 5. The van der Waals surface area contributed by atoms with Gasteiger partial charge in [-0.3, -0.25) is 14.5 Å². The Kier molecular flexibility index (Phi) is 6.95. The minimum Gasteiger partial charge on any atom is -0.313 e. The van der Waals surface area contributed by atoms with Crippen LogP contribution in [0.2, 0.25) is 0 Å². The molecule has 170 valence electrons. The fourth-order valence-corrected chi connectivity index (χ4v) is 6.45. The number of carbonyl (C=O) groups excluding carboxylic acids is 2. The van der Waals surface area contributed by atoms with Crippen LogP contribution >= 0.6 is 35.1 Å². The van der Waals surface area contributed by atoms with E-state index in [0.29, 0.717) is 11.1 Å². The third kappa shape index (κ3) is 4.59. The topological polar surface area (TPSA) is 62.3 Å². The maximum Gasteiger partial charge on any atom is 0.256 e. The third-order valence-corrected chi connectivity index (χ3v) is 8.06. The highest BCUT2D eigenvalue weighted by atomic mass is 35.5. The lowest BCUT2D eigenvalue weighted by molar-refractivity contribution is 0.101. The predicted molar refractivity (Wildman–Crippen MR) is 139 cm³/mol. The number of ketones is 1. The monoisotopic (exact) mass is 497 g/mol. The summed E-state index contributed by atoms with van der Waals surface area (Å²) < 4.78 is 1.14. The van der Waals surface area contributed by atoms with Crippen LogP contribution in [0.25, 0.3) is 20.8 Å². The minimum absolute atomic E-state index is 0. The Labute approximate surface area is 206 Å². The van der Waals surface area contributed by atoms with E-state index in [2.05, 4.69) is 23.2 Å². The van der Waals surface area contributed by atoms with E-state index in [9.17, 15) is 9.59 Å². The summed E-state index contributed by atoms with van der Waals surface area (Å²) in [6.07, 6.45) is 0.952. The fourth-order valence-electron chi connectivity index (χ4n) is 4.05. The first-order chi connectivity index (χ1) is 15.5. The summed E-state index contributed by atoms with van der Waals surface area (Å²) in [6.45, 7) is 6.63. The number of nitrogens with zero attached hydrogens (tertiary/aromatic N) is 2. The van der Waals surface area contributed by atoms with Crippen LogP contribution in [-0.2, 0) is 13.0 Å². The number of amides is 1. The summed E-state index contributed by atoms with van der Waals surface area (Å²) in [6, 6.07) is 15.0. The number of nitrogens with one attached hydrogen (secondary N) is 1. The van der Waals surface area contributed by atoms with Gasteiger partial charge in [0.2, 0.25) is 0 Å². The second-order valence-electron chi connectivity index (χ2n) is 7.90. The summed E-state index contributed by atoms with van der Waals surface area (Å²) in [5, 5.41) is 4.96. The van der Waals surface area contributed by atoms with Crippen LogP contribution in [0.5, 0.6) is 0 Å². The lowest BCUT2D eigenvalue weighted by Crippen LogP contribution is -2.29. The molecular weight excluding hydrogens is 474 g/mol. The van der Waals surface area contributed by atoms with E-state index in [1.165, 1.54) is 17.4 Å². The summed E-state index contributed by atoms with van der Waals surface area (Å²) in [7, 11) is 0. The molecule has 0 radical (unpaired) electrons. The number of benzene rings is 2. The second kappa shape index (κ2) is 9.73. The maximum atomic E-state index is 13.1. The number of thiophene rings is 1. The zero-order valence-electron chi connectivity index (χ0n) is 18.4. The largest absolute Gasteiger partial charge is 0.313 e. The number of aromatic nitrogens is 1. The van der Waals surface area contributed by atoms with E-state index in [-0.39, 0.29) is 24.1 Å². The molecule has 0 bridgehead atoms. The molecule has 4 aromatic rings. The van der Waals surface area contributed by atoms with Crippen LogP contribution in [0, 0.1) is 0 Å². The first-order valence-electron chi connectivity index (χ1n) is 10.7. The molecule has 0 spiro atoms. The van der Waals surface area contributed by atoms with Crippen LogP contribution in [0.1, 0.15) is 45.0 Å². The SMILES string of the molecule is CCN1CCc2c(sc(NC(=O)c3ccc(C(C)=O)cc3)c2-c2nc3ccccc3s2)C1.Cl. The molecule has 2 aromatic heterocycles. The van der Waals surface area contributed by atoms with Crippen molar-refractivity contribution >= 4 is 62.0 Å². The van der Waals surface area contributed by atoms with E-state index in [1.807, 2.05) is 18.2 Å².